The largest absolute Gasteiger partial charge is 0.314 e. The molecule has 1 N–H and O–H groups in total. The van der Waals surface area contributed by atoms with Gasteiger partial charge in [-0.05, 0) is 65.2 Å². The van der Waals surface area contributed by atoms with E-state index in [2.05, 4.69) is 46.1 Å². The molecule has 2 rings (SSSR count). The first kappa shape index (κ1) is 15.0. The summed E-state index contributed by atoms with van der Waals surface area (Å²) in [5.41, 5.74) is 1.33. The molecule has 1 aromatic rings. The van der Waals surface area contributed by atoms with Gasteiger partial charge in [0.25, 0.3) is 0 Å². The molecule has 1 fully saturated rings. The van der Waals surface area contributed by atoms with Crippen LogP contribution in [0.4, 0.5) is 0 Å². The molecule has 1 aromatic heterocycles. The topological polar surface area (TPSA) is 24.9 Å². The quantitative estimate of drug-likeness (QED) is 0.848. The van der Waals surface area contributed by atoms with E-state index >= 15 is 0 Å². The van der Waals surface area contributed by atoms with Crippen molar-refractivity contribution >= 4 is 15.9 Å². The number of pyridine rings is 1. The molecule has 1 heterocycles. The number of hydrogen-bond acceptors (Lipinski definition) is 2. The van der Waals surface area contributed by atoms with Crippen LogP contribution in [-0.4, -0.2) is 17.6 Å². The molecule has 0 spiro atoms. The van der Waals surface area contributed by atoms with Crippen LogP contribution in [0.2, 0.25) is 0 Å². The maximum atomic E-state index is 4.28. The molecule has 0 saturated heterocycles. The lowest BCUT2D eigenvalue weighted by Crippen LogP contribution is -2.37. The fraction of sp³-hybridized carbons (Fsp3) is 0.688. The molecule has 1 aliphatic rings. The Hall–Kier alpha value is -0.410. The van der Waals surface area contributed by atoms with Gasteiger partial charge in [0.05, 0.1) is 0 Å². The predicted molar refractivity (Wildman–Crippen MR) is 84.2 cm³/mol. The van der Waals surface area contributed by atoms with Gasteiger partial charge in [-0.1, -0.05) is 26.7 Å². The molecule has 3 unspecified atom stereocenters. The van der Waals surface area contributed by atoms with Crippen molar-refractivity contribution in [2.24, 2.45) is 11.8 Å². The lowest BCUT2D eigenvalue weighted by molar-refractivity contribution is 0.348. The molecular weight excluding hydrogens is 300 g/mol. The average Bonchev–Trinajstić information content (AvgIpc) is 2.87. The molecule has 19 heavy (non-hydrogen) atoms. The Morgan fingerprint density at radius 2 is 2.21 bits per heavy atom. The summed E-state index contributed by atoms with van der Waals surface area (Å²) in [6, 6.07) is 2.81. The Morgan fingerprint density at radius 3 is 2.84 bits per heavy atom. The van der Waals surface area contributed by atoms with Crippen molar-refractivity contribution in [3.8, 4) is 0 Å². The molecule has 2 nitrogen and oxygen atoms in total. The molecule has 3 heteroatoms. The van der Waals surface area contributed by atoms with Crippen LogP contribution in [-0.2, 0) is 6.42 Å². The van der Waals surface area contributed by atoms with Crippen LogP contribution in [0.5, 0.6) is 0 Å². The van der Waals surface area contributed by atoms with E-state index in [0.29, 0.717) is 6.04 Å². The third-order valence-electron chi connectivity index (χ3n) is 4.41. The molecule has 0 radical (unpaired) electrons. The predicted octanol–water partition coefficient (Wildman–Crippen LogP) is 4.19. The first-order valence-corrected chi connectivity index (χ1v) is 8.35. The fourth-order valence-corrected chi connectivity index (χ4v) is 3.75. The highest BCUT2D eigenvalue weighted by Gasteiger charge is 2.29. The summed E-state index contributed by atoms with van der Waals surface area (Å²) in [6.45, 7) is 5.59. The molecule has 106 valence electrons. The Labute approximate surface area is 125 Å². The van der Waals surface area contributed by atoms with Crippen molar-refractivity contribution in [3.63, 3.8) is 0 Å². The van der Waals surface area contributed by atoms with E-state index in [-0.39, 0.29) is 0 Å². The number of nitrogens with one attached hydrogen (secondary N) is 1. The lowest BCUT2D eigenvalue weighted by atomic mass is 9.91. The maximum absolute atomic E-state index is 4.28. The minimum atomic E-state index is 0.609. The Morgan fingerprint density at radius 1 is 1.37 bits per heavy atom. The van der Waals surface area contributed by atoms with Gasteiger partial charge in [-0.3, -0.25) is 4.98 Å². The zero-order chi connectivity index (χ0) is 13.7. The van der Waals surface area contributed by atoms with E-state index in [4.69, 9.17) is 0 Å². The van der Waals surface area contributed by atoms with Crippen molar-refractivity contribution in [3.05, 3.63) is 28.5 Å². The third kappa shape index (κ3) is 4.28. The minimum Gasteiger partial charge on any atom is -0.314 e. The Kier molecular flexibility index (Phi) is 5.83. The van der Waals surface area contributed by atoms with Gasteiger partial charge in [0.15, 0.2) is 0 Å². The Balaban J connectivity index is 2.00. The molecule has 0 bridgehead atoms. The van der Waals surface area contributed by atoms with E-state index < -0.39 is 0 Å². The van der Waals surface area contributed by atoms with Gasteiger partial charge in [-0.25, -0.2) is 0 Å². The van der Waals surface area contributed by atoms with E-state index in [9.17, 15) is 0 Å². The maximum Gasteiger partial charge on any atom is 0.0410 e. The van der Waals surface area contributed by atoms with Gasteiger partial charge in [0.1, 0.15) is 0 Å². The number of likely N-dealkylation sites (N-methyl/N-ethyl adjacent to an activating group) is 1. The first-order chi connectivity index (χ1) is 9.22. The second kappa shape index (κ2) is 7.39. The van der Waals surface area contributed by atoms with E-state index in [1.807, 2.05) is 12.4 Å². The van der Waals surface area contributed by atoms with Gasteiger partial charge < -0.3 is 5.32 Å². The normalized spacial score (nSPS) is 24.6. The molecule has 0 aliphatic heterocycles. The minimum absolute atomic E-state index is 0.609. The van der Waals surface area contributed by atoms with Crippen LogP contribution in [0.1, 0.15) is 45.1 Å². The highest BCUT2D eigenvalue weighted by Crippen LogP contribution is 2.35. The van der Waals surface area contributed by atoms with Crippen molar-refractivity contribution in [1.29, 1.82) is 0 Å². The van der Waals surface area contributed by atoms with Crippen molar-refractivity contribution in [2.75, 3.05) is 6.54 Å². The summed E-state index contributed by atoms with van der Waals surface area (Å²) in [5.74, 6) is 1.79. The second-order valence-corrected chi connectivity index (χ2v) is 6.64. The van der Waals surface area contributed by atoms with Gasteiger partial charge >= 0.3 is 0 Å². The van der Waals surface area contributed by atoms with Gasteiger partial charge in [0, 0.05) is 22.9 Å². The SMILES string of the molecule is CCNC(Cc1cncc(Br)c1)C1CCC(CC)C1. The standard InChI is InChI=1S/C16H25BrN2/c1-3-12-5-6-14(7-12)16(19-4-2)9-13-8-15(17)11-18-10-13/h8,10-12,14,16,19H,3-7,9H2,1-2H3. The average molecular weight is 325 g/mol. The highest BCUT2D eigenvalue weighted by molar-refractivity contribution is 9.10. The number of halogens is 1. The molecule has 0 aromatic carbocycles. The van der Waals surface area contributed by atoms with Gasteiger partial charge in [-0.15, -0.1) is 0 Å². The first-order valence-electron chi connectivity index (χ1n) is 7.55. The van der Waals surface area contributed by atoms with Gasteiger partial charge in [-0.2, -0.15) is 0 Å². The summed E-state index contributed by atoms with van der Waals surface area (Å²) < 4.78 is 1.08. The van der Waals surface area contributed by atoms with Crippen LogP contribution in [0, 0.1) is 11.8 Å². The zero-order valence-electron chi connectivity index (χ0n) is 12.0. The van der Waals surface area contributed by atoms with Crippen molar-refractivity contribution in [2.45, 2.75) is 52.0 Å². The van der Waals surface area contributed by atoms with Crippen molar-refractivity contribution < 1.29 is 0 Å². The molecular formula is C16H25BrN2. The van der Waals surface area contributed by atoms with Crippen LogP contribution in [0.3, 0.4) is 0 Å². The summed E-state index contributed by atoms with van der Waals surface area (Å²) in [5, 5.41) is 3.69. The lowest BCUT2D eigenvalue weighted by Gasteiger charge is -2.25. The van der Waals surface area contributed by atoms with E-state index in [0.717, 1.165) is 29.3 Å². The number of aromatic nitrogens is 1. The van der Waals surface area contributed by atoms with E-state index in [1.54, 1.807) is 0 Å². The van der Waals surface area contributed by atoms with Crippen LogP contribution in [0.15, 0.2) is 22.9 Å². The number of nitrogens with zero attached hydrogens (tertiary/aromatic N) is 1. The van der Waals surface area contributed by atoms with Crippen molar-refractivity contribution in [1.82, 2.24) is 10.3 Å². The van der Waals surface area contributed by atoms with Crippen LogP contribution < -0.4 is 5.32 Å². The van der Waals surface area contributed by atoms with E-state index in [1.165, 1.54) is 31.2 Å². The summed E-state index contributed by atoms with van der Waals surface area (Å²) >= 11 is 3.51. The van der Waals surface area contributed by atoms with Crippen LogP contribution in [0.25, 0.3) is 0 Å². The van der Waals surface area contributed by atoms with Crippen LogP contribution >= 0.6 is 15.9 Å². The molecule has 1 saturated carbocycles. The number of rotatable bonds is 6. The third-order valence-corrected chi connectivity index (χ3v) is 4.85. The smallest absolute Gasteiger partial charge is 0.0410 e. The zero-order valence-corrected chi connectivity index (χ0v) is 13.6. The monoisotopic (exact) mass is 324 g/mol. The summed E-state index contributed by atoms with van der Waals surface area (Å²) in [4.78, 5) is 4.28. The Bertz CT molecular complexity index is 394. The molecule has 0 amide bonds. The fourth-order valence-electron chi connectivity index (χ4n) is 3.34. The molecule has 1 aliphatic carbocycles. The summed E-state index contributed by atoms with van der Waals surface area (Å²) in [6.07, 6.45) is 10.5. The molecule has 3 atom stereocenters. The summed E-state index contributed by atoms with van der Waals surface area (Å²) in [7, 11) is 0. The number of hydrogen-bond donors (Lipinski definition) is 1. The highest BCUT2D eigenvalue weighted by atomic mass is 79.9. The van der Waals surface area contributed by atoms with Gasteiger partial charge in [0.2, 0.25) is 0 Å². The second-order valence-electron chi connectivity index (χ2n) is 5.73.